The molecule has 0 fully saturated rings. The molecule has 7 heteroatoms. The van der Waals surface area contributed by atoms with Crippen LogP contribution in [0.15, 0.2) is 30.0 Å². The zero-order valence-corrected chi connectivity index (χ0v) is 13.1. The summed E-state index contributed by atoms with van der Waals surface area (Å²) in [6, 6.07) is 6.96. The predicted octanol–water partition coefficient (Wildman–Crippen LogP) is 1.72. The average molecular weight is 321 g/mol. The van der Waals surface area contributed by atoms with Crippen molar-refractivity contribution in [3.8, 4) is 6.07 Å². The van der Waals surface area contributed by atoms with Crippen molar-refractivity contribution < 1.29 is 9.59 Å². The molecule has 1 rings (SSSR count). The van der Waals surface area contributed by atoms with Gasteiger partial charge in [0.25, 0.3) is 5.91 Å². The van der Waals surface area contributed by atoms with E-state index in [1.807, 2.05) is 6.07 Å². The lowest BCUT2D eigenvalue weighted by molar-refractivity contribution is -0.119. The van der Waals surface area contributed by atoms with Crippen LogP contribution in [0.5, 0.6) is 0 Å². The summed E-state index contributed by atoms with van der Waals surface area (Å²) in [5.74, 6) is -0.666. The Kier molecular flexibility index (Phi) is 6.93. The molecule has 2 amide bonds. The molecule has 0 aromatic heterocycles. The third-order valence-corrected chi connectivity index (χ3v) is 3.18. The van der Waals surface area contributed by atoms with E-state index in [0.29, 0.717) is 23.8 Å². The molecule has 3 N–H and O–H groups in total. The molecule has 1 aromatic rings. The van der Waals surface area contributed by atoms with Gasteiger partial charge in [0.1, 0.15) is 11.6 Å². The van der Waals surface area contributed by atoms with E-state index in [1.54, 1.807) is 25.1 Å². The summed E-state index contributed by atoms with van der Waals surface area (Å²) in [5, 5.41) is 17.6. The number of anilines is 1. The van der Waals surface area contributed by atoms with E-state index >= 15 is 0 Å². The third kappa shape index (κ3) is 5.46. The van der Waals surface area contributed by atoms with Crippen LogP contribution in [0, 0.1) is 18.3 Å². The van der Waals surface area contributed by atoms with Crippen LogP contribution < -0.4 is 16.0 Å². The molecule has 0 heterocycles. The maximum atomic E-state index is 12.0. The monoisotopic (exact) mass is 320 g/mol. The van der Waals surface area contributed by atoms with E-state index < -0.39 is 5.91 Å². The van der Waals surface area contributed by atoms with Crippen LogP contribution in [0.25, 0.3) is 0 Å². The Morgan fingerprint density at radius 1 is 1.36 bits per heavy atom. The van der Waals surface area contributed by atoms with Gasteiger partial charge < -0.3 is 16.0 Å². The fourth-order valence-corrected chi connectivity index (χ4v) is 1.74. The van der Waals surface area contributed by atoms with E-state index in [9.17, 15) is 9.59 Å². The van der Waals surface area contributed by atoms with Crippen molar-refractivity contribution in [3.05, 3.63) is 40.6 Å². The van der Waals surface area contributed by atoms with Crippen molar-refractivity contribution in [1.82, 2.24) is 10.6 Å². The number of nitrogens with zero attached hydrogens (tertiary/aromatic N) is 1. The largest absolute Gasteiger partial charge is 0.388 e. The average Bonchev–Trinajstić information content (AvgIpc) is 2.47. The van der Waals surface area contributed by atoms with Gasteiger partial charge in [-0.25, -0.2) is 0 Å². The summed E-state index contributed by atoms with van der Waals surface area (Å²) >= 11 is 5.98. The number of hydrogen-bond donors (Lipinski definition) is 3. The van der Waals surface area contributed by atoms with Gasteiger partial charge in [-0.15, -0.1) is 0 Å². The van der Waals surface area contributed by atoms with Gasteiger partial charge in [-0.2, -0.15) is 5.26 Å². The van der Waals surface area contributed by atoms with E-state index in [1.165, 1.54) is 13.1 Å². The highest BCUT2D eigenvalue weighted by atomic mass is 35.5. The first kappa shape index (κ1) is 17.5. The Hall–Kier alpha value is -2.52. The van der Waals surface area contributed by atoms with Crippen molar-refractivity contribution >= 4 is 29.1 Å². The maximum Gasteiger partial charge on any atom is 0.267 e. The normalized spacial score (nSPS) is 10.5. The minimum absolute atomic E-state index is 0.0674. The lowest BCUT2D eigenvalue weighted by atomic mass is 10.2. The molecule has 0 bridgehead atoms. The summed E-state index contributed by atoms with van der Waals surface area (Å²) in [4.78, 5) is 22.7. The van der Waals surface area contributed by atoms with Crippen LogP contribution in [0.2, 0.25) is 5.02 Å². The molecular weight excluding hydrogens is 304 g/mol. The van der Waals surface area contributed by atoms with Crippen LogP contribution in [-0.4, -0.2) is 24.9 Å². The highest BCUT2D eigenvalue weighted by Gasteiger charge is 2.11. The topological polar surface area (TPSA) is 94.0 Å². The summed E-state index contributed by atoms with van der Waals surface area (Å²) in [6.45, 7) is 4.00. The number of rotatable bonds is 6. The minimum atomic E-state index is -0.528. The number of carbonyl (C=O) groups excluding carboxylic acids is 2. The molecule has 0 aliphatic rings. The van der Waals surface area contributed by atoms with Gasteiger partial charge in [-0.1, -0.05) is 17.7 Å². The van der Waals surface area contributed by atoms with Crippen LogP contribution in [0.1, 0.15) is 12.5 Å². The number of amides is 2. The van der Waals surface area contributed by atoms with Crippen molar-refractivity contribution in [3.63, 3.8) is 0 Å². The SMILES string of the molecule is CC(=O)NCCN/C=C(/C#N)C(=O)Nc1cccc(Cl)c1C. The first-order valence-corrected chi connectivity index (χ1v) is 6.98. The lowest BCUT2D eigenvalue weighted by Crippen LogP contribution is -2.28. The van der Waals surface area contributed by atoms with Gasteiger partial charge in [0.15, 0.2) is 0 Å². The highest BCUT2D eigenvalue weighted by molar-refractivity contribution is 6.31. The summed E-state index contributed by atoms with van der Waals surface area (Å²) in [7, 11) is 0. The Labute approximate surface area is 134 Å². The zero-order chi connectivity index (χ0) is 16.5. The molecule has 0 aliphatic heterocycles. The third-order valence-electron chi connectivity index (χ3n) is 2.77. The molecule has 0 radical (unpaired) electrons. The molecule has 0 aliphatic carbocycles. The predicted molar refractivity (Wildman–Crippen MR) is 85.2 cm³/mol. The fraction of sp³-hybridized carbons (Fsp3) is 0.267. The van der Waals surface area contributed by atoms with Gasteiger partial charge in [-0.3, -0.25) is 9.59 Å². The Bertz CT molecular complexity index is 635. The van der Waals surface area contributed by atoms with Gasteiger partial charge in [0, 0.05) is 36.9 Å². The van der Waals surface area contributed by atoms with E-state index in [4.69, 9.17) is 16.9 Å². The van der Waals surface area contributed by atoms with Crippen molar-refractivity contribution in [1.29, 1.82) is 5.26 Å². The van der Waals surface area contributed by atoms with Gasteiger partial charge in [0.2, 0.25) is 5.91 Å². The van der Waals surface area contributed by atoms with Crippen LogP contribution >= 0.6 is 11.6 Å². The second kappa shape index (κ2) is 8.70. The quantitative estimate of drug-likeness (QED) is 0.422. The number of nitriles is 1. The molecule has 116 valence electrons. The van der Waals surface area contributed by atoms with Crippen LogP contribution in [0.3, 0.4) is 0 Å². The van der Waals surface area contributed by atoms with Gasteiger partial charge >= 0.3 is 0 Å². The molecular formula is C15H17ClN4O2. The Morgan fingerprint density at radius 2 is 2.09 bits per heavy atom. The molecule has 6 nitrogen and oxygen atoms in total. The summed E-state index contributed by atoms with van der Waals surface area (Å²) < 4.78 is 0. The van der Waals surface area contributed by atoms with Crippen LogP contribution in [0.4, 0.5) is 5.69 Å². The number of hydrogen-bond acceptors (Lipinski definition) is 4. The van der Waals surface area contributed by atoms with Gasteiger partial charge in [0.05, 0.1) is 0 Å². The lowest BCUT2D eigenvalue weighted by Gasteiger charge is -2.09. The standard InChI is InChI=1S/C15H17ClN4O2/c1-10-13(16)4-3-5-14(10)20-15(22)12(8-17)9-18-6-7-19-11(2)21/h3-5,9,18H,6-7H2,1-2H3,(H,19,21)(H,20,22)/b12-9-. The second-order valence-corrected chi connectivity index (χ2v) is 4.88. The maximum absolute atomic E-state index is 12.0. The number of nitrogens with one attached hydrogen (secondary N) is 3. The molecule has 0 saturated heterocycles. The molecule has 0 unspecified atom stereocenters. The van der Waals surface area contributed by atoms with Crippen molar-refractivity contribution in [2.45, 2.75) is 13.8 Å². The highest BCUT2D eigenvalue weighted by Crippen LogP contribution is 2.23. The molecule has 1 aromatic carbocycles. The zero-order valence-electron chi connectivity index (χ0n) is 12.4. The summed E-state index contributed by atoms with van der Waals surface area (Å²) in [5.41, 5.74) is 1.22. The second-order valence-electron chi connectivity index (χ2n) is 4.47. The molecule has 0 saturated carbocycles. The summed E-state index contributed by atoms with van der Waals surface area (Å²) in [6.07, 6.45) is 1.32. The minimum Gasteiger partial charge on any atom is -0.388 e. The number of benzene rings is 1. The Balaban J connectivity index is 2.63. The number of halogens is 1. The first-order chi connectivity index (χ1) is 10.5. The Morgan fingerprint density at radius 3 is 2.73 bits per heavy atom. The molecule has 0 spiro atoms. The molecule has 22 heavy (non-hydrogen) atoms. The van der Waals surface area contributed by atoms with Gasteiger partial charge in [-0.05, 0) is 24.6 Å². The smallest absolute Gasteiger partial charge is 0.267 e. The van der Waals surface area contributed by atoms with E-state index in [0.717, 1.165) is 5.56 Å². The number of carbonyl (C=O) groups is 2. The fourth-order valence-electron chi connectivity index (χ4n) is 1.57. The molecule has 0 atom stereocenters. The first-order valence-electron chi connectivity index (χ1n) is 6.60. The van der Waals surface area contributed by atoms with Crippen molar-refractivity contribution in [2.75, 3.05) is 18.4 Å². The van der Waals surface area contributed by atoms with E-state index in [2.05, 4.69) is 16.0 Å². The van der Waals surface area contributed by atoms with Crippen LogP contribution in [-0.2, 0) is 9.59 Å². The van der Waals surface area contributed by atoms with Crippen molar-refractivity contribution in [2.24, 2.45) is 0 Å². The van der Waals surface area contributed by atoms with E-state index in [-0.39, 0.29) is 11.5 Å².